The summed E-state index contributed by atoms with van der Waals surface area (Å²) in [5, 5.41) is 4.81. The highest BCUT2D eigenvalue weighted by Gasteiger charge is 2.26. The zero-order valence-corrected chi connectivity index (χ0v) is 16.4. The molecule has 1 amide bonds. The van der Waals surface area contributed by atoms with E-state index in [-0.39, 0.29) is 11.6 Å². The summed E-state index contributed by atoms with van der Waals surface area (Å²) in [4.78, 5) is 19.6. The molecular weight excluding hydrogens is 360 g/mol. The van der Waals surface area contributed by atoms with Gasteiger partial charge in [0.1, 0.15) is 5.69 Å². The largest absolute Gasteiger partial charge is 0.307 e. The maximum Gasteiger partial charge on any atom is 0.278 e. The molecule has 1 aliphatic heterocycles. The van der Waals surface area contributed by atoms with Crippen molar-refractivity contribution in [3.05, 3.63) is 69.6 Å². The van der Waals surface area contributed by atoms with E-state index < -0.39 is 0 Å². The molecule has 0 fully saturated rings. The second-order valence-electron chi connectivity index (χ2n) is 7.03. The third-order valence-electron chi connectivity index (χ3n) is 4.86. The first-order valence-electron chi connectivity index (χ1n) is 9.05. The molecular formula is C21H21ClN4O. The maximum absolute atomic E-state index is 13.3. The van der Waals surface area contributed by atoms with Gasteiger partial charge in [0.2, 0.25) is 0 Å². The molecule has 1 aliphatic rings. The Bertz CT molecular complexity index is 1040. The van der Waals surface area contributed by atoms with Gasteiger partial charge in [0.05, 0.1) is 10.7 Å². The van der Waals surface area contributed by atoms with Gasteiger partial charge in [0, 0.05) is 17.9 Å². The van der Waals surface area contributed by atoms with E-state index in [0.717, 1.165) is 29.9 Å². The van der Waals surface area contributed by atoms with Crippen LogP contribution in [-0.4, -0.2) is 27.2 Å². The van der Waals surface area contributed by atoms with Gasteiger partial charge in [-0.05, 0) is 63.4 Å². The van der Waals surface area contributed by atoms with E-state index in [1.54, 1.807) is 21.7 Å². The number of benzene rings is 1. The van der Waals surface area contributed by atoms with Gasteiger partial charge in [-0.2, -0.15) is 5.10 Å². The van der Waals surface area contributed by atoms with Gasteiger partial charge in [0.25, 0.3) is 5.91 Å². The number of pyridine rings is 1. The number of nitrogens with zero attached hydrogens (tertiary/aromatic N) is 4. The Morgan fingerprint density at radius 3 is 2.67 bits per heavy atom. The Balaban J connectivity index is 1.75. The molecule has 27 heavy (non-hydrogen) atoms. The number of hydrogen-bond donors (Lipinski definition) is 0. The number of rotatable bonds is 2. The van der Waals surface area contributed by atoms with Crippen LogP contribution in [0.15, 0.2) is 36.4 Å². The summed E-state index contributed by atoms with van der Waals surface area (Å²) in [6.45, 7) is 6.62. The van der Waals surface area contributed by atoms with Crippen LogP contribution in [0.25, 0.3) is 5.82 Å². The molecule has 138 valence electrons. The molecule has 0 bridgehead atoms. The molecule has 0 saturated carbocycles. The van der Waals surface area contributed by atoms with E-state index >= 15 is 0 Å². The Morgan fingerprint density at radius 1 is 1.11 bits per heavy atom. The maximum atomic E-state index is 13.3. The van der Waals surface area contributed by atoms with Gasteiger partial charge in [-0.25, -0.2) is 9.67 Å². The van der Waals surface area contributed by atoms with E-state index in [2.05, 4.69) is 23.1 Å². The minimum absolute atomic E-state index is 0.173. The molecule has 3 aromatic rings. The number of fused-ring (bicyclic) bond motifs is 1. The van der Waals surface area contributed by atoms with Gasteiger partial charge in [-0.3, -0.25) is 4.79 Å². The van der Waals surface area contributed by atoms with Crippen molar-refractivity contribution in [3.63, 3.8) is 0 Å². The molecule has 4 rings (SSSR count). The van der Waals surface area contributed by atoms with Crippen LogP contribution in [0.1, 0.15) is 39.4 Å². The standard InChI is InChI=1S/C21H21ClN4O/c1-13-6-8-18-16(11-13)5-4-10-25(18)21(27)20-17(22)7-9-19(23-20)26-15(3)12-14(2)24-26/h6-9,11-12H,4-5,10H2,1-3H3. The molecule has 1 aromatic carbocycles. The number of aromatic nitrogens is 3. The summed E-state index contributed by atoms with van der Waals surface area (Å²) in [6, 6.07) is 11.7. The van der Waals surface area contributed by atoms with Crippen molar-refractivity contribution in [1.82, 2.24) is 14.8 Å². The summed E-state index contributed by atoms with van der Waals surface area (Å²) in [5.74, 6) is 0.419. The summed E-state index contributed by atoms with van der Waals surface area (Å²) in [5.41, 5.74) is 5.46. The van der Waals surface area contributed by atoms with Gasteiger partial charge in [-0.15, -0.1) is 0 Å². The molecule has 0 saturated heterocycles. The molecule has 0 spiro atoms. The van der Waals surface area contributed by atoms with Gasteiger partial charge in [-0.1, -0.05) is 29.3 Å². The fourth-order valence-corrected chi connectivity index (χ4v) is 3.81. The van der Waals surface area contributed by atoms with E-state index in [1.807, 2.05) is 32.0 Å². The minimum Gasteiger partial charge on any atom is -0.307 e. The summed E-state index contributed by atoms with van der Waals surface area (Å²) in [7, 11) is 0. The summed E-state index contributed by atoms with van der Waals surface area (Å²) in [6.07, 6.45) is 1.91. The van der Waals surface area contributed by atoms with Crippen molar-refractivity contribution in [3.8, 4) is 5.82 Å². The molecule has 2 aromatic heterocycles. The molecule has 0 unspecified atom stereocenters. The van der Waals surface area contributed by atoms with Crippen LogP contribution in [0.2, 0.25) is 5.02 Å². The second-order valence-corrected chi connectivity index (χ2v) is 7.44. The lowest BCUT2D eigenvalue weighted by molar-refractivity contribution is 0.0980. The number of hydrogen-bond acceptors (Lipinski definition) is 3. The van der Waals surface area contributed by atoms with Crippen LogP contribution in [0.3, 0.4) is 0 Å². The quantitative estimate of drug-likeness (QED) is 0.660. The SMILES string of the molecule is Cc1ccc2c(c1)CCCN2C(=O)c1nc(-n2nc(C)cc2C)ccc1Cl. The van der Waals surface area contributed by atoms with Crippen molar-refractivity contribution in [1.29, 1.82) is 0 Å². The van der Waals surface area contributed by atoms with E-state index in [4.69, 9.17) is 11.6 Å². The van der Waals surface area contributed by atoms with Gasteiger partial charge >= 0.3 is 0 Å². The third kappa shape index (κ3) is 3.23. The number of halogens is 1. The Labute approximate surface area is 163 Å². The number of anilines is 1. The van der Waals surface area contributed by atoms with E-state index in [1.165, 1.54) is 11.1 Å². The average Bonchev–Trinajstić information content (AvgIpc) is 2.99. The normalized spacial score (nSPS) is 13.6. The second kappa shape index (κ2) is 6.82. The number of aryl methyl sites for hydroxylation is 4. The molecule has 0 aliphatic carbocycles. The van der Waals surface area contributed by atoms with Crippen molar-refractivity contribution in [2.24, 2.45) is 0 Å². The summed E-state index contributed by atoms with van der Waals surface area (Å²) < 4.78 is 1.73. The number of amides is 1. The third-order valence-corrected chi connectivity index (χ3v) is 5.16. The van der Waals surface area contributed by atoms with Crippen molar-refractivity contribution in [2.45, 2.75) is 33.6 Å². The lowest BCUT2D eigenvalue weighted by Gasteiger charge is -2.29. The lowest BCUT2D eigenvalue weighted by Crippen LogP contribution is -2.36. The minimum atomic E-state index is -0.173. The van der Waals surface area contributed by atoms with Gasteiger partial charge < -0.3 is 4.90 Å². The Morgan fingerprint density at radius 2 is 1.93 bits per heavy atom. The van der Waals surface area contributed by atoms with Crippen LogP contribution < -0.4 is 4.90 Å². The van der Waals surface area contributed by atoms with Gasteiger partial charge in [0.15, 0.2) is 5.82 Å². The first-order valence-corrected chi connectivity index (χ1v) is 9.43. The molecule has 0 radical (unpaired) electrons. The van der Waals surface area contributed by atoms with Crippen LogP contribution in [0, 0.1) is 20.8 Å². The van der Waals surface area contributed by atoms with Crippen LogP contribution in [0.4, 0.5) is 5.69 Å². The first-order chi connectivity index (χ1) is 12.9. The predicted molar refractivity (Wildman–Crippen MR) is 107 cm³/mol. The van der Waals surface area contributed by atoms with Crippen LogP contribution in [-0.2, 0) is 6.42 Å². The summed E-state index contributed by atoms with van der Waals surface area (Å²) >= 11 is 6.36. The van der Waals surface area contributed by atoms with E-state index in [0.29, 0.717) is 17.4 Å². The monoisotopic (exact) mass is 380 g/mol. The zero-order valence-electron chi connectivity index (χ0n) is 15.7. The van der Waals surface area contributed by atoms with Crippen LogP contribution in [0.5, 0.6) is 0 Å². The van der Waals surface area contributed by atoms with Crippen molar-refractivity contribution in [2.75, 3.05) is 11.4 Å². The first kappa shape index (κ1) is 17.7. The zero-order chi connectivity index (χ0) is 19.1. The fourth-order valence-electron chi connectivity index (χ4n) is 3.63. The molecule has 5 nitrogen and oxygen atoms in total. The van der Waals surface area contributed by atoms with Crippen molar-refractivity contribution < 1.29 is 4.79 Å². The number of carbonyl (C=O) groups excluding carboxylic acids is 1. The molecule has 6 heteroatoms. The van der Waals surface area contributed by atoms with Crippen LogP contribution >= 0.6 is 11.6 Å². The highest BCUT2D eigenvalue weighted by molar-refractivity contribution is 6.34. The average molecular weight is 381 g/mol. The molecule has 0 atom stereocenters. The highest BCUT2D eigenvalue weighted by atomic mass is 35.5. The predicted octanol–water partition coefficient (Wildman–Crippen LogP) is 4.44. The molecule has 0 N–H and O–H groups in total. The number of carbonyl (C=O) groups is 1. The topological polar surface area (TPSA) is 51.0 Å². The fraction of sp³-hybridized carbons (Fsp3) is 0.286. The Kier molecular flexibility index (Phi) is 4.48. The van der Waals surface area contributed by atoms with Crippen molar-refractivity contribution >= 4 is 23.2 Å². The smallest absolute Gasteiger partial charge is 0.278 e. The molecule has 3 heterocycles. The van der Waals surface area contributed by atoms with E-state index in [9.17, 15) is 4.79 Å². The highest BCUT2D eigenvalue weighted by Crippen LogP contribution is 2.30. The lowest BCUT2D eigenvalue weighted by atomic mass is 9.99. The Hall–Kier alpha value is -2.66.